The molecular weight excluding hydrogens is 178 g/mol. The molecule has 80 valence electrons. The van der Waals surface area contributed by atoms with Crippen LogP contribution in [0.4, 0.5) is 0 Å². The summed E-state index contributed by atoms with van der Waals surface area (Å²) in [4.78, 5) is 11.1. The number of methoxy groups -OCH3 is 1. The molecule has 0 spiro atoms. The summed E-state index contributed by atoms with van der Waals surface area (Å²) in [5.41, 5.74) is 0.721. The molecule has 0 heterocycles. The van der Waals surface area contributed by atoms with Crippen molar-refractivity contribution < 1.29 is 9.53 Å². The van der Waals surface area contributed by atoms with Gasteiger partial charge in [0.15, 0.2) is 0 Å². The minimum atomic E-state index is -0.238. The molecule has 0 aromatic carbocycles. The zero-order valence-electron chi connectivity index (χ0n) is 9.01. The number of esters is 1. The fourth-order valence-electron chi connectivity index (χ4n) is 1.00. The maximum atomic E-state index is 11.1. The fraction of sp³-hybridized carbons (Fsp3) is 0.545. The molecule has 0 radical (unpaired) electrons. The Morgan fingerprint density at radius 3 is 2.79 bits per heavy atom. The maximum absolute atomic E-state index is 11.1. The molecule has 0 saturated heterocycles. The Labute approximate surface area is 85.8 Å². The third-order valence-corrected chi connectivity index (χ3v) is 1.85. The minimum absolute atomic E-state index is 0.238. The number of hydrogen-bond acceptors (Lipinski definition) is 3. The lowest BCUT2D eigenvalue weighted by atomic mass is 10.2. The largest absolute Gasteiger partial charge is 0.466 e. The third kappa shape index (κ3) is 5.54. The highest BCUT2D eigenvalue weighted by molar-refractivity contribution is 5.88. The van der Waals surface area contributed by atoms with Gasteiger partial charge in [0.2, 0.25) is 0 Å². The van der Waals surface area contributed by atoms with Crippen LogP contribution in [0.25, 0.3) is 0 Å². The number of nitrogens with one attached hydrogen (secondary N) is 1. The summed E-state index contributed by atoms with van der Waals surface area (Å²) in [5, 5.41) is 3.17. The molecule has 0 aliphatic rings. The highest BCUT2D eigenvalue weighted by Gasteiger charge is 2.04. The van der Waals surface area contributed by atoms with Crippen LogP contribution < -0.4 is 5.32 Å². The number of hydrogen-bond donors (Lipinski definition) is 1. The van der Waals surface area contributed by atoms with E-state index in [-0.39, 0.29) is 5.97 Å². The van der Waals surface area contributed by atoms with Gasteiger partial charge in [-0.15, -0.1) is 6.58 Å². The quantitative estimate of drug-likeness (QED) is 0.292. The molecule has 0 saturated carbocycles. The molecule has 0 atom stereocenters. The molecule has 0 rings (SSSR count). The molecule has 0 fully saturated rings. The second kappa shape index (κ2) is 8.51. The lowest BCUT2D eigenvalue weighted by Gasteiger charge is -2.02. The van der Waals surface area contributed by atoms with Crippen LogP contribution in [0.1, 0.15) is 19.8 Å². The van der Waals surface area contributed by atoms with Gasteiger partial charge in [-0.2, -0.15) is 0 Å². The van der Waals surface area contributed by atoms with Crippen LogP contribution >= 0.6 is 0 Å². The van der Waals surface area contributed by atoms with Crippen LogP contribution in [0.5, 0.6) is 0 Å². The van der Waals surface area contributed by atoms with Crippen LogP contribution in [0.3, 0.4) is 0 Å². The average Bonchev–Trinajstić information content (AvgIpc) is 2.22. The van der Waals surface area contributed by atoms with Gasteiger partial charge in [-0.1, -0.05) is 19.1 Å². The molecule has 3 nitrogen and oxygen atoms in total. The first-order valence-corrected chi connectivity index (χ1v) is 4.85. The molecule has 0 bridgehead atoms. The third-order valence-electron chi connectivity index (χ3n) is 1.85. The lowest BCUT2D eigenvalue weighted by Crippen LogP contribution is -2.16. The Bertz CT molecular complexity index is 209. The van der Waals surface area contributed by atoms with Crippen LogP contribution in [0.15, 0.2) is 24.3 Å². The first-order chi connectivity index (χ1) is 6.76. The predicted molar refractivity (Wildman–Crippen MR) is 58.1 cm³/mol. The van der Waals surface area contributed by atoms with E-state index < -0.39 is 0 Å². The van der Waals surface area contributed by atoms with Gasteiger partial charge >= 0.3 is 5.97 Å². The maximum Gasteiger partial charge on any atom is 0.333 e. The summed E-state index contributed by atoms with van der Waals surface area (Å²) in [5.74, 6) is -0.238. The van der Waals surface area contributed by atoms with Crippen molar-refractivity contribution in [2.24, 2.45) is 0 Å². The van der Waals surface area contributed by atoms with Crippen molar-refractivity contribution in [3.8, 4) is 0 Å². The monoisotopic (exact) mass is 197 g/mol. The molecule has 0 amide bonds. The first kappa shape index (κ1) is 12.9. The van der Waals surface area contributed by atoms with Gasteiger partial charge in [0.1, 0.15) is 0 Å². The van der Waals surface area contributed by atoms with E-state index in [0.717, 1.165) is 18.5 Å². The van der Waals surface area contributed by atoms with Gasteiger partial charge < -0.3 is 10.1 Å². The molecule has 0 aromatic heterocycles. The van der Waals surface area contributed by atoms with Crippen LogP contribution in [0.2, 0.25) is 0 Å². The SMILES string of the molecule is C=CCCNC/C=C(/CC)C(=O)OC. The summed E-state index contributed by atoms with van der Waals surface area (Å²) in [6, 6.07) is 0. The Hall–Kier alpha value is -1.09. The molecule has 3 heteroatoms. The van der Waals surface area contributed by atoms with E-state index in [0.29, 0.717) is 13.0 Å². The van der Waals surface area contributed by atoms with Crippen molar-refractivity contribution in [1.82, 2.24) is 5.32 Å². The molecular formula is C11H19NO2. The minimum Gasteiger partial charge on any atom is -0.466 e. The van der Waals surface area contributed by atoms with E-state index in [1.807, 2.05) is 19.1 Å². The average molecular weight is 197 g/mol. The van der Waals surface area contributed by atoms with Gasteiger partial charge in [0, 0.05) is 12.1 Å². The van der Waals surface area contributed by atoms with Crippen molar-refractivity contribution in [3.05, 3.63) is 24.3 Å². The van der Waals surface area contributed by atoms with E-state index in [2.05, 4.69) is 16.6 Å². The van der Waals surface area contributed by atoms with E-state index in [4.69, 9.17) is 0 Å². The summed E-state index contributed by atoms with van der Waals surface area (Å²) in [6.07, 6.45) is 5.37. The number of carbonyl (C=O) groups is 1. The second-order valence-electron chi connectivity index (χ2n) is 2.86. The summed E-state index contributed by atoms with van der Waals surface area (Å²) in [6.45, 7) is 7.15. The van der Waals surface area contributed by atoms with Crippen LogP contribution in [-0.2, 0) is 9.53 Å². The molecule has 0 aliphatic heterocycles. The Morgan fingerprint density at radius 1 is 1.57 bits per heavy atom. The Balaban J connectivity index is 3.81. The number of carbonyl (C=O) groups excluding carboxylic acids is 1. The van der Waals surface area contributed by atoms with E-state index in [1.54, 1.807) is 0 Å². The molecule has 0 aliphatic carbocycles. The Morgan fingerprint density at radius 2 is 2.29 bits per heavy atom. The molecule has 1 N–H and O–H groups in total. The van der Waals surface area contributed by atoms with Crippen molar-refractivity contribution in [2.75, 3.05) is 20.2 Å². The van der Waals surface area contributed by atoms with Gasteiger partial charge in [-0.25, -0.2) is 4.79 Å². The van der Waals surface area contributed by atoms with E-state index >= 15 is 0 Å². The molecule has 0 aromatic rings. The van der Waals surface area contributed by atoms with Crippen molar-refractivity contribution >= 4 is 5.97 Å². The standard InChI is InChI=1S/C11H19NO2/c1-4-6-8-12-9-7-10(5-2)11(13)14-3/h4,7,12H,1,5-6,8-9H2,2-3H3/b10-7-. The number of rotatable bonds is 7. The van der Waals surface area contributed by atoms with Crippen molar-refractivity contribution in [2.45, 2.75) is 19.8 Å². The van der Waals surface area contributed by atoms with Gasteiger partial charge in [0.25, 0.3) is 0 Å². The van der Waals surface area contributed by atoms with E-state index in [9.17, 15) is 4.79 Å². The zero-order chi connectivity index (χ0) is 10.8. The van der Waals surface area contributed by atoms with Gasteiger partial charge in [0.05, 0.1) is 7.11 Å². The van der Waals surface area contributed by atoms with Crippen LogP contribution in [0, 0.1) is 0 Å². The normalized spacial score (nSPS) is 11.1. The second-order valence-corrected chi connectivity index (χ2v) is 2.86. The summed E-state index contributed by atoms with van der Waals surface area (Å²) in [7, 11) is 1.40. The highest BCUT2D eigenvalue weighted by Crippen LogP contribution is 2.01. The van der Waals surface area contributed by atoms with Crippen molar-refractivity contribution in [1.29, 1.82) is 0 Å². The van der Waals surface area contributed by atoms with E-state index in [1.165, 1.54) is 7.11 Å². The smallest absolute Gasteiger partial charge is 0.333 e. The highest BCUT2D eigenvalue weighted by atomic mass is 16.5. The topological polar surface area (TPSA) is 38.3 Å². The number of ether oxygens (including phenoxy) is 1. The summed E-state index contributed by atoms with van der Waals surface area (Å²) >= 11 is 0. The van der Waals surface area contributed by atoms with Crippen molar-refractivity contribution in [3.63, 3.8) is 0 Å². The lowest BCUT2D eigenvalue weighted by molar-refractivity contribution is -0.136. The fourth-order valence-corrected chi connectivity index (χ4v) is 1.00. The zero-order valence-corrected chi connectivity index (χ0v) is 9.01. The van der Waals surface area contributed by atoms with Gasteiger partial charge in [-0.05, 0) is 19.4 Å². The Kier molecular flexibility index (Phi) is 7.84. The molecule has 0 unspecified atom stereocenters. The predicted octanol–water partition coefficient (Wildman–Crippen LogP) is 1.66. The first-order valence-electron chi connectivity index (χ1n) is 4.85. The van der Waals surface area contributed by atoms with Gasteiger partial charge in [-0.3, -0.25) is 0 Å². The molecule has 14 heavy (non-hydrogen) atoms. The van der Waals surface area contributed by atoms with Crippen LogP contribution in [-0.4, -0.2) is 26.2 Å². The summed E-state index contributed by atoms with van der Waals surface area (Å²) < 4.78 is 4.63.